The van der Waals surface area contributed by atoms with Gasteiger partial charge in [-0.3, -0.25) is 9.59 Å². The Balaban J connectivity index is 1.55. The molecule has 1 atom stereocenters. The molecule has 0 saturated carbocycles. The quantitative estimate of drug-likeness (QED) is 0.365. The van der Waals surface area contributed by atoms with Gasteiger partial charge in [0, 0.05) is 24.8 Å². The van der Waals surface area contributed by atoms with Gasteiger partial charge in [0.15, 0.2) is 0 Å². The number of aryl methyl sites for hydroxylation is 1. The lowest BCUT2D eigenvalue weighted by Crippen LogP contribution is -2.32. The lowest BCUT2D eigenvalue weighted by atomic mass is 10.0. The van der Waals surface area contributed by atoms with Gasteiger partial charge < -0.3 is 26.0 Å². The maximum Gasteiger partial charge on any atom is 0.323 e. The van der Waals surface area contributed by atoms with Gasteiger partial charge in [0.05, 0.1) is 19.6 Å². The number of hydrogen-bond acceptors (Lipinski definition) is 4. The van der Waals surface area contributed by atoms with Crippen LogP contribution >= 0.6 is 0 Å². The molecular formula is C27H30N4O4. The first-order chi connectivity index (χ1) is 16.8. The SMILES string of the molecule is COc1ccc(C(CC(=O)NCc2cccc(NC(=O)Nc3cccc(C)c3)c2)NC(C)=O)cc1. The van der Waals surface area contributed by atoms with E-state index in [1.165, 1.54) is 6.92 Å². The van der Waals surface area contributed by atoms with Gasteiger partial charge in [-0.05, 0) is 60.0 Å². The van der Waals surface area contributed by atoms with Crippen molar-refractivity contribution in [3.8, 4) is 5.75 Å². The second-order valence-electron chi connectivity index (χ2n) is 8.16. The summed E-state index contributed by atoms with van der Waals surface area (Å²) in [6.07, 6.45) is 0.0861. The first-order valence-electron chi connectivity index (χ1n) is 11.2. The number of nitrogens with one attached hydrogen (secondary N) is 4. The Morgan fingerprint density at radius 1 is 0.886 bits per heavy atom. The standard InChI is InChI=1S/C27H30N4O4/c1-18-6-4-8-22(14-18)30-27(34)31-23-9-5-7-20(15-23)17-28-26(33)16-25(29-19(2)32)21-10-12-24(35-3)13-11-21/h4-15,25H,16-17H2,1-3H3,(H,28,33)(H,29,32)(H2,30,31,34). The highest BCUT2D eigenvalue weighted by Crippen LogP contribution is 2.21. The van der Waals surface area contributed by atoms with Crippen molar-refractivity contribution in [2.24, 2.45) is 0 Å². The molecule has 1 unspecified atom stereocenters. The van der Waals surface area contributed by atoms with E-state index in [0.29, 0.717) is 17.1 Å². The van der Waals surface area contributed by atoms with Crippen molar-refractivity contribution in [2.75, 3.05) is 17.7 Å². The highest BCUT2D eigenvalue weighted by Gasteiger charge is 2.17. The Morgan fingerprint density at radius 3 is 2.17 bits per heavy atom. The molecule has 0 aliphatic heterocycles. The van der Waals surface area contributed by atoms with Crippen LogP contribution in [0.3, 0.4) is 0 Å². The van der Waals surface area contributed by atoms with Crippen LogP contribution in [0.2, 0.25) is 0 Å². The monoisotopic (exact) mass is 474 g/mol. The number of hydrogen-bond donors (Lipinski definition) is 4. The van der Waals surface area contributed by atoms with Crippen molar-refractivity contribution in [1.29, 1.82) is 0 Å². The maximum absolute atomic E-state index is 12.6. The van der Waals surface area contributed by atoms with E-state index >= 15 is 0 Å². The molecule has 8 nitrogen and oxygen atoms in total. The van der Waals surface area contributed by atoms with Crippen molar-refractivity contribution in [2.45, 2.75) is 32.9 Å². The second kappa shape index (κ2) is 12.2. The van der Waals surface area contributed by atoms with Gasteiger partial charge >= 0.3 is 6.03 Å². The van der Waals surface area contributed by atoms with E-state index in [-0.39, 0.29) is 30.8 Å². The molecule has 0 fully saturated rings. The summed E-state index contributed by atoms with van der Waals surface area (Å²) in [5.41, 5.74) is 4.00. The van der Waals surface area contributed by atoms with E-state index in [9.17, 15) is 14.4 Å². The number of anilines is 2. The first-order valence-corrected chi connectivity index (χ1v) is 11.2. The highest BCUT2D eigenvalue weighted by molar-refractivity contribution is 5.99. The Bertz CT molecular complexity index is 1180. The van der Waals surface area contributed by atoms with Crippen molar-refractivity contribution < 1.29 is 19.1 Å². The third-order valence-electron chi connectivity index (χ3n) is 5.24. The smallest absolute Gasteiger partial charge is 0.323 e. The topological polar surface area (TPSA) is 109 Å². The molecule has 4 amide bonds. The lowest BCUT2D eigenvalue weighted by molar-refractivity contribution is -0.122. The number of urea groups is 1. The lowest BCUT2D eigenvalue weighted by Gasteiger charge is -2.18. The molecule has 8 heteroatoms. The molecule has 35 heavy (non-hydrogen) atoms. The summed E-state index contributed by atoms with van der Waals surface area (Å²) in [6.45, 7) is 3.65. The molecule has 182 valence electrons. The summed E-state index contributed by atoms with van der Waals surface area (Å²) in [5, 5.41) is 11.3. The zero-order chi connectivity index (χ0) is 25.2. The van der Waals surface area contributed by atoms with E-state index in [4.69, 9.17) is 4.74 Å². The van der Waals surface area contributed by atoms with Gasteiger partial charge in [-0.15, -0.1) is 0 Å². The predicted molar refractivity (Wildman–Crippen MR) is 136 cm³/mol. The molecule has 0 aliphatic carbocycles. The number of benzene rings is 3. The molecule has 0 radical (unpaired) electrons. The molecule has 0 spiro atoms. The van der Waals surface area contributed by atoms with Crippen LogP contribution in [0.4, 0.5) is 16.2 Å². The fraction of sp³-hybridized carbons (Fsp3) is 0.222. The summed E-state index contributed by atoms with van der Waals surface area (Å²) in [4.78, 5) is 36.6. The van der Waals surface area contributed by atoms with E-state index in [0.717, 1.165) is 16.7 Å². The number of ether oxygens (including phenoxy) is 1. The average molecular weight is 475 g/mol. The minimum Gasteiger partial charge on any atom is -0.497 e. The minimum absolute atomic E-state index is 0.0861. The van der Waals surface area contributed by atoms with Gasteiger partial charge in [-0.2, -0.15) is 0 Å². The summed E-state index contributed by atoms with van der Waals surface area (Å²) in [6, 6.07) is 21.2. The predicted octanol–water partition coefficient (Wildman–Crippen LogP) is 4.53. The zero-order valence-corrected chi connectivity index (χ0v) is 20.1. The molecule has 3 aromatic carbocycles. The normalized spacial score (nSPS) is 11.2. The molecule has 0 saturated heterocycles. The molecule has 0 bridgehead atoms. The van der Waals surface area contributed by atoms with Crippen LogP contribution in [0.15, 0.2) is 72.8 Å². The minimum atomic E-state index is -0.461. The highest BCUT2D eigenvalue weighted by atomic mass is 16.5. The van der Waals surface area contributed by atoms with Crippen molar-refractivity contribution in [3.05, 3.63) is 89.5 Å². The van der Waals surface area contributed by atoms with E-state index < -0.39 is 6.04 Å². The van der Waals surface area contributed by atoms with Crippen LogP contribution in [-0.4, -0.2) is 25.0 Å². The summed E-state index contributed by atoms with van der Waals surface area (Å²) in [7, 11) is 1.58. The van der Waals surface area contributed by atoms with Gasteiger partial charge in [-0.25, -0.2) is 4.79 Å². The van der Waals surface area contributed by atoms with Crippen molar-refractivity contribution in [3.63, 3.8) is 0 Å². The van der Waals surface area contributed by atoms with Crippen LogP contribution in [0.1, 0.15) is 36.1 Å². The van der Waals surface area contributed by atoms with Crippen molar-refractivity contribution in [1.82, 2.24) is 10.6 Å². The average Bonchev–Trinajstić information content (AvgIpc) is 2.82. The molecule has 4 N–H and O–H groups in total. The van der Waals surface area contributed by atoms with Gasteiger partial charge in [0.25, 0.3) is 0 Å². The maximum atomic E-state index is 12.6. The molecule has 0 heterocycles. The Labute approximate surface area is 205 Å². The molecular weight excluding hydrogens is 444 g/mol. The zero-order valence-electron chi connectivity index (χ0n) is 20.1. The van der Waals surface area contributed by atoms with Crippen LogP contribution in [-0.2, 0) is 16.1 Å². The fourth-order valence-electron chi connectivity index (χ4n) is 3.57. The number of carbonyl (C=O) groups is 3. The Hall–Kier alpha value is -4.33. The number of amides is 4. The number of methoxy groups -OCH3 is 1. The summed E-state index contributed by atoms with van der Waals surface area (Å²) < 4.78 is 5.17. The van der Waals surface area contributed by atoms with Gasteiger partial charge in [0.1, 0.15) is 5.75 Å². The third-order valence-corrected chi connectivity index (χ3v) is 5.24. The van der Waals surface area contributed by atoms with Gasteiger partial charge in [0.2, 0.25) is 11.8 Å². The molecule has 3 aromatic rings. The van der Waals surface area contributed by atoms with E-state index in [1.54, 1.807) is 37.4 Å². The number of carbonyl (C=O) groups excluding carboxylic acids is 3. The van der Waals surface area contributed by atoms with E-state index in [1.807, 2.05) is 49.4 Å². The largest absolute Gasteiger partial charge is 0.497 e. The van der Waals surface area contributed by atoms with E-state index in [2.05, 4.69) is 21.3 Å². The second-order valence-corrected chi connectivity index (χ2v) is 8.16. The van der Waals surface area contributed by atoms with Crippen LogP contribution in [0.5, 0.6) is 5.75 Å². The van der Waals surface area contributed by atoms with Crippen molar-refractivity contribution >= 4 is 29.2 Å². The summed E-state index contributed by atoms with van der Waals surface area (Å²) in [5.74, 6) is 0.261. The van der Waals surface area contributed by atoms with Crippen LogP contribution < -0.4 is 26.0 Å². The molecule has 3 rings (SSSR count). The fourth-order valence-corrected chi connectivity index (χ4v) is 3.57. The Morgan fingerprint density at radius 2 is 1.54 bits per heavy atom. The summed E-state index contributed by atoms with van der Waals surface area (Å²) >= 11 is 0. The van der Waals surface area contributed by atoms with Gasteiger partial charge in [-0.1, -0.05) is 36.4 Å². The number of rotatable bonds is 9. The molecule has 0 aromatic heterocycles. The van der Waals surface area contributed by atoms with Crippen LogP contribution in [0.25, 0.3) is 0 Å². The first kappa shape index (κ1) is 25.3. The molecule has 0 aliphatic rings. The Kier molecular flexibility index (Phi) is 8.83. The third kappa shape index (κ3) is 8.19. The van der Waals surface area contributed by atoms with Crippen LogP contribution in [0, 0.1) is 6.92 Å².